The summed E-state index contributed by atoms with van der Waals surface area (Å²) in [7, 11) is 0. The molecule has 5 heteroatoms. The minimum atomic E-state index is 0.240. The third kappa shape index (κ3) is 2.59. The normalized spacial score (nSPS) is 26.4. The molecule has 0 bridgehead atoms. The molecule has 2 aliphatic heterocycles. The van der Waals surface area contributed by atoms with E-state index in [9.17, 15) is 4.79 Å². The first kappa shape index (κ1) is 13.6. The summed E-state index contributed by atoms with van der Waals surface area (Å²) >= 11 is 0. The lowest BCUT2D eigenvalue weighted by molar-refractivity contribution is -0.135. The van der Waals surface area contributed by atoms with Gasteiger partial charge in [0.15, 0.2) is 0 Å². The lowest BCUT2D eigenvalue weighted by Gasteiger charge is -2.40. The highest BCUT2D eigenvalue weighted by Crippen LogP contribution is 2.35. The third-order valence-electron chi connectivity index (χ3n) is 4.77. The molecule has 2 saturated heterocycles. The number of nitrogens with zero attached hydrogens (tertiary/aromatic N) is 3. The van der Waals surface area contributed by atoms with Gasteiger partial charge in [0.25, 0.3) is 0 Å². The van der Waals surface area contributed by atoms with Crippen LogP contribution in [0.1, 0.15) is 32.0 Å². The van der Waals surface area contributed by atoms with Crippen molar-refractivity contribution in [2.45, 2.75) is 39.2 Å². The molecule has 0 aliphatic carbocycles. The highest BCUT2D eigenvalue weighted by molar-refractivity contribution is 5.76. The number of aromatic nitrogens is 2. The van der Waals surface area contributed by atoms with Crippen LogP contribution in [0.3, 0.4) is 0 Å². The second-order valence-corrected chi connectivity index (χ2v) is 6.17. The van der Waals surface area contributed by atoms with Crippen LogP contribution in [0, 0.1) is 5.41 Å². The van der Waals surface area contributed by atoms with Gasteiger partial charge >= 0.3 is 0 Å². The van der Waals surface area contributed by atoms with Crippen LogP contribution in [-0.2, 0) is 17.8 Å². The summed E-state index contributed by atoms with van der Waals surface area (Å²) in [4.78, 5) is 18.9. The van der Waals surface area contributed by atoms with Gasteiger partial charge in [0, 0.05) is 43.9 Å². The smallest absolute Gasteiger partial charge is 0.242 e. The van der Waals surface area contributed by atoms with E-state index >= 15 is 0 Å². The van der Waals surface area contributed by atoms with Gasteiger partial charge in [-0.1, -0.05) is 6.92 Å². The molecule has 1 spiro atoms. The van der Waals surface area contributed by atoms with Gasteiger partial charge in [0.2, 0.25) is 5.91 Å². The molecule has 0 aromatic carbocycles. The number of likely N-dealkylation sites (tertiary alicyclic amines) is 1. The SMILES string of the molecule is CCc1nccn1CC(=O)N1CCC[C@@]2(CCNC2)C1. The molecule has 110 valence electrons. The molecule has 1 N–H and O–H groups in total. The first-order valence-electron chi connectivity index (χ1n) is 7.71. The number of hydrogen-bond acceptors (Lipinski definition) is 3. The second kappa shape index (κ2) is 5.56. The largest absolute Gasteiger partial charge is 0.341 e. The summed E-state index contributed by atoms with van der Waals surface area (Å²) in [6, 6.07) is 0. The maximum absolute atomic E-state index is 12.5. The molecule has 1 atom stereocenters. The van der Waals surface area contributed by atoms with Crippen LogP contribution < -0.4 is 5.32 Å². The van der Waals surface area contributed by atoms with Crippen LogP contribution >= 0.6 is 0 Å². The maximum Gasteiger partial charge on any atom is 0.242 e. The van der Waals surface area contributed by atoms with Crippen molar-refractivity contribution in [3.8, 4) is 0 Å². The summed E-state index contributed by atoms with van der Waals surface area (Å²) in [6.07, 6.45) is 8.17. The van der Waals surface area contributed by atoms with E-state index in [4.69, 9.17) is 0 Å². The summed E-state index contributed by atoms with van der Waals surface area (Å²) in [5, 5.41) is 3.45. The van der Waals surface area contributed by atoms with Gasteiger partial charge in [0.1, 0.15) is 12.4 Å². The van der Waals surface area contributed by atoms with Gasteiger partial charge in [-0.25, -0.2) is 4.98 Å². The number of nitrogens with one attached hydrogen (secondary N) is 1. The van der Waals surface area contributed by atoms with Crippen LogP contribution in [0.25, 0.3) is 0 Å². The van der Waals surface area contributed by atoms with Crippen molar-refractivity contribution in [2.75, 3.05) is 26.2 Å². The molecule has 2 aliphatic rings. The minimum Gasteiger partial charge on any atom is -0.341 e. The van der Waals surface area contributed by atoms with Gasteiger partial charge in [-0.05, 0) is 25.8 Å². The van der Waals surface area contributed by atoms with Crippen molar-refractivity contribution in [1.82, 2.24) is 19.8 Å². The Morgan fingerprint density at radius 3 is 3.15 bits per heavy atom. The Morgan fingerprint density at radius 2 is 2.40 bits per heavy atom. The molecule has 0 unspecified atom stereocenters. The van der Waals surface area contributed by atoms with Crippen LogP contribution in [0.4, 0.5) is 0 Å². The fourth-order valence-electron chi connectivity index (χ4n) is 3.61. The van der Waals surface area contributed by atoms with E-state index in [1.807, 2.05) is 10.8 Å². The average molecular weight is 276 g/mol. The van der Waals surface area contributed by atoms with Crippen LogP contribution in [0.5, 0.6) is 0 Å². The number of hydrogen-bond donors (Lipinski definition) is 1. The minimum absolute atomic E-state index is 0.240. The van der Waals surface area contributed by atoms with Gasteiger partial charge in [0.05, 0.1) is 0 Å². The highest BCUT2D eigenvalue weighted by atomic mass is 16.2. The zero-order chi connectivity index (χ0) is 14.0. The molecule has 3 heterocycles. The fraction of sp³-hybridized carbons (Fsp3) is 0.733. The van der Waals surface area contributed by atoms with Gasteiger partial charge in [-0.3, -0.25) is 4.79 Å². The molecule has 1 aromatic heterocycles. The monoisotopic (exact) mass is 276 g/mol. The Labute approximate surface area is 120 Å². The van der Waals surface area contributed by atoms with Crippen molar-refractivity contribution < 1.29 is 4.79 Å². The predicted octanol–water partition coefficient (Wildman–Crippen LogP) is 1.05. The quantitative estimate of drug-likeness (QED) is 0.897. The predicted molar refractivity (Wildman–Crippen MR) is 77.3 cm³/mol. The van der Waals surface area contributed by atoms with E-state index in [-0.39, 0.29) is 5.91 Å². The van der Waals surface area contributed by atoms with E-state index in [1.54, 1.807) is 6.20 Å². The average Bonchev–Trinajstić information content (AvgIpc) is 3.08. The summed E-state index contributed by atoms with van der Waals surface area (Å²) in [5.74, 6) is 1.23. The maximum atomic E-state index is 12.5. The summed E-state index contributed by atoms with van der Waals surface area (Å²) in [5.41, 5.74) is 0.344. The molecule has 1 aromatic rings. The lowest BCUT2D eigenvalue weighted by Crippen LogP contribution is -2.48. The Kier molecular flexibility index (Phi) is 3.78. The standard InChI is InChI=1S/C15H24N4O/c1-2-13-17-7-9-18(13)10-14(20)19-8-3-4-15(12-19)5-6-16-11-15/h7,9,16H,2-6,8,10-12H2,1H3/t15-/m0/s1. The van der Waals surface area contributed by atoms with Gasteiger partial charge in [-0.15, -0.1) is 0 Å². The van der Waals surface area contributed by atoms with Crippen molar-refractivity contribution in [3.05, 3.63) is 18.2 Å². The molecule has 20 heavy (non-hydrogen) atoms. The molecule has 0 radical (unpaired) electrons. The van der Waals surface area contributed by atoms with Gasteiger partial charge in [-0.2, -0.15) is 0 Å². The number of imidazole rings is 1. The molecule has 3 rings (SSSR count). The van der Waals surface area contributed by atoms with Crippen molar-refractivity contribution in [2.24, 2.45) is 5.41 Å². The molecule has 2 fully saturated rings. The molecule has 0 saturated carbocycles. The van der Waals surface area contributed by atoms with Crippen LogP contribution in [0.15, 0.2) is 12.4 Å². The Balaban J connectivity index is 1.65. The van der Waals surface area contributed by atoms with E-state index in [2.05, 4.69) is 22.1 Å². The summed E-state index contributed by atoms with van der Waals surface area (Å²) < 4.78 is 1.98. The Bertz CT molecular complexity index is 476. The van der Waals surface area contributed by atoms with Crippen LogP contribution in [-0.4, -0.2) is 46.5 Å². The second-order valence-electron chi connectivity index (χ2n) is 6.17. The number of rotatable bonds is 3. The van der Waals surface area contributed by atoms with Crippen LogP contribution in [0.2, 0.25) is 0 Å². The zero-order valence-electron chi connectivity index (χ0n) is 12.3. The topological polar surface area (TPSA) is 50.2 Å². The molecule has 1 amide bonds. The van der Waals surface area contributed by atoms with Gasteiger partial charge < -0.3 is 14.8 Å². The number of amides is 1. The Hall–Kier alpha value is -1.36. The number of carbonyl (C=O) groups excluding carboxylic acids is 1. The van der Waals surface area contributed by atoms with E-state index in [0.717, 1.165) is 44.8 Å². The highest BCUT2D eigenvalue weighted by Gasteiger charge is 2.39. The first-order chi connectivity index (χ1) is 9.72. The zero-order valence-corrected chi connectivity index (χ0v) is 12.3. The van der Waals surface area contributed by atoms with E-state index in [0.29, 0.717) is 12.0 Å². The molecular weight excluding hydrogens is 252 g/mol. The van der Waals surface area contributed by atoms with Crippen molar-refractivity contribution >= 4 is 5.91 Å². The van der Waals surface area contributed by atoms with E-state index in [1.165, 1.54) is 12.8 Å². The number of carbonyl (C=O) groups is 1. The third-order valence-corrected chi connectivity index (χ3v) is 4.77. The fourth-order valence-corrected chi connectivity index (χ4v) is 3.61. The molecular formula is C15H24N4O. The van der Waals surface area contributed by atoms with Crippen molar-refractivity contribution in [1.29, 1.82) is 0 Å². The number of aryl methyl sites for hydroxylation is 1. The van der Waals surface area contributed by atoms with Crippen molar-refractivity contribution in [3.63, 3.8) is 0 Å². The first-order valence-corrected chi connectivity index (χ1v) is 7.71. The Morgan fingerprint density at radius 1 is 1.50 bits per heavy atom. The number of piperidine rings is 1. The summed E-state index contributed by atoms with van der Waals surface area (Å²) in [6.45, 7) is 6.52. The lowest BCUT2D eigenvalue weighted by atomic mass is 9.79. The molecule has 5 nitrogen and oxygen atoms in total. The van der Waals surface area contributed by atoms with E-state index < -0.39 is 0 Å².